The number of hydrogen-bond donors (Lipinski definition) is 0. The van der Waals surface area contributed by atoms with Crippen molar-refractivity contribution < 1.29 is 28.6 Å². The maximum absolute atomic E-state index is 12.6. The summed E-state index contributed by atoms with van der Waals surface area (Å²) in [5, 5.41) is 0. The summed E-state index contributed by atoms with van der Waals surface area (Å²) in [5.74, 6) is -0.0615. The van der Waals surface area contributed by atoms with Gasteiger partial charge in [0.2, 0.25) is 0 Å². The molecule has 0 saturated carbocycles. The summed E-state index contributed by atoms with van der Waals surface area (Å²) in [6.45, 7) is 8.91. The molecule has 0 unspecified atom stereocenters. The Labute approximate surface area is 298 Å². The molecule has 0 aliphatic heterocycles. The van der Waals surface area contributed by atoms with Crippen molar-refractivity contribution in [2.45, 2.75) is 233 Å². The van der Waals surface area contributed by atoms with Crippen molar-refractivity contribution in [2.75, 3.05) is 13.2 Å². The summed E-state index contributed by atoms with van der Waals surface area (Å²) in [6.07, 6.45) is 33.8. The van der Waals surface area contributed by atoms with Crippen molar-refractivity contribution in [3.05, 3.63) is 0 Å². The minimum absolute atomic E-state index is 0.0650. The first kappa shape index (κ1) is 46.4. The normalized spacial score (nSPS) is 11.9. The topological polar surface area (TPSA) is 78.9 Å². The fourth-order valence-corrected chi connectivity index (χ4v) is 6.10. The molecule has 0 aromatic heterocycles. The third kappa shape index (κ3) is 35.7. The van der Waals surface area contributed by atoms with Crippen LogP contribution in [0.15, 0.2) is 0 Å². The standard InChI is InChI=1S/C42H80O6/c1-5-7-9-11-13-14-15-18-22-26-30-34-41(44)47-37-39(36-46-40(43)33-29-25-20-12-10-8-6-2)48-42(45)35-31-27-23-19-16-17-21-24-28-32-38(3)4/h38-39H,5-37H2,1-4H3/t39-/m0/s1. The highest BCUT2D eigenvalue weighted by Gasteiger charge is 2.19. The second-order valence-electron chi connectivity index (χ2n) is 14.7. The maximum atomic E-state index is 12.6. The van der Waals surface area contributed by atoms with Gasteiger partial charge in [-0.3, -0.25) is 14.4 Å². The molecule has 0 bridgehead atoms. The molecule has 48 heavy (non-hydrogen) atoms. The zero-order valence-electron chi connectivity index (χ0n) is 32.4. The lowest BCUT2D eigenvalue weighted by Crippen LogP contribution is -2.30. The van der Waals surface area contributed by atoms with E-state index < -0.39 is 6.10 Å². The Bertz CT molecular complexity index is 721. The Balaban J connectivity index is 4.31. The van der Waals surface area contributed by atoms with E-state index in [1.807, 2.05) is 0 Å². The highest BCUT2D eigenvalue weighted by molar-refractivity contribution is 5.71. The molecule has 0 fully saturated rings. The van der Waals surface area contributed by atoms with Crippen LogP contribution < -0.4 is 0 Å². The maximum Gasteiger partial charge on any atom is 0.306 e. The molecule has 1 atom stereocenters. The van der Waals surface area contributed by atoms with Gasteiger partial charge in [0.05, 0.1) is 0 Å². The summed E-state index contributed by atoms with van der Waals surface area (Å²) in [7, 11) is 0. The van der Waals surface area contributed by atoms with Gasteiger partial charge in [-0.05, 0) is 25.2 Å². The van der Waals surface area contributed by atoms with Crippen molar-refractivity contribution in [1.82, 2.24) is 0 Å². The number of ether oxygens (including phenoxy) is 3. The quantitative estimate of drug-likeness (QED) is 0.0369. The molecule has 284 valence electrons. The van der Waals surface area contributed by atoms with Crippen molar-refractivity contribution in [3.8, 4) is 0 Å². The van der Waals surface area contributed by atoms with Crippen LogP contribution in [0.25, 0.3) is 0 Å². The molecular weight excluding hydrogens is 600 g/mol. The summed E-state index contributed by atoms with van der Waals surface area (Å²) < 4.78 is 16.6. The number of unbranched alkanes of at least 4 members (excludes halogenated alkanes) is 24. The molecule has 0 aliphatic rings. The predicted octanol–water partition coefficient (Wildman–Crippen LogP) is 12.8. The molecule has 0 saturated heterocycles. The number of esters is 3. The molecule has 0 radical (unpaired) electrons. The van der Waals surface area contributed by atoms with Gasteiger partial charge in [-0.25, -0.2) is 0 Å². The summed E-state index contributed by atoms with van der Waals surface area (Å²) in [6, 6.07) is 0. The van der Waals surface area contributed by atoms with Crippen molar-refractivity contribution in [1.29, 1.82) is 0 Å². The van der Waals surface area contributed by atoms with Crippen molar-refractivity contribution >= 4 is 17.9 Å². The average molecular weight is 681 g/mol. The molecule has 6 heteroatoms. The Hall–Kier alpha value is -1.59. The van der Waals surface area contributed by atoms with E-state index in [9.17, 15) is 14.4 Å². The van der Waals surface area contributed by atoms with Crippen LogP contribution in [0.4, 0.5) is 0 Å². The van der Waals surface area contributed by atoms with E-state index in [1.165, 1.54) is 122 Å². The first-order valence-electron chi connectivity index (χ1n) is 20.9. The lowest BCUT2D eigenvalue weighted by molar-refractivity contribution is -0.167. The molecule has 0 N–H and O–H groups in total. The van der Waals surface area contributed by atoms with Crippen LogP contribution in [-0.4, -0.2) is 37.2 Å². The lowest BCUT2D eigenvalue weighted by atomic mass is 10.0. The van der Waals surface area contributed by atoms with Gasteiger partial charge in [-0.15, -0.1) is 0 Å². The number of carbonyl (C=O) groups is 3. The third-order valence-corrected chi connectivity index (χ3v) is 9.29. The van der Waals surface area contributed by atoms with Crippen molar-refractivity contribution in [3.63, 3.8) is 0 Å². The zero-order chi connectivity index (χ0) is 35.3. The first-order chi connectivity index (χ1) is 23.4. The fraction of sp³-hybridized carbons (Fsp3) is 0.929. The van der Waals surface area contributed by atoms with E-state index in [2.05, 4.69) is 27.7 Å². The third-order valence-electron chi connectivity index (χ3n) is 9.29. The molecule has 0 aliphatic carbocycles. The summed E-state index contributed by atoms with van der Waals surface area (Å²) in [4.78, 5) is 37.4. The van der Waals surface area contributed by atoms with Gasteiger partial charge in [-0.1, -0.05) is 188 Å². The van der Waals surface area contributed by atoms with Crippen LogP contribution in [-0.2, 0) is 28.6 Å². The molecule has 0 aromatic carbocycles. The van der Waals surface area contributed by atoms with Gasteiger partial charge in [0.25, 0.3) is 0 Å². The molecule has 0 rings (SSSR count). The smallest absolute Gasteiger partial charge is 0.306 e. The minimum Gasteiger partial charge on any atom is -0.462 e. The molecule has 0 amide bonds. The van der Waals surface area contributed by atoms with Crippen LogP contribution in [0, 0.1) is 5.92 Å². The number of carbonyl (C=O) groups excluding carboxylic acids is 3. The highest BCUT2D eigenvalue weighted by Crippen LogP contribution is 2.15. The Morgan fingerprint density at radius 2 is 0.688 bits per heavy atom. The van der Waals surface area contributed by atoms with E-state index >= 15 is 0 Å². The second-order valence-corrected chi connectivity index (χ2v) is 14.7. The molecule has 0 spiro atoms. The fourth-order valence-electron chi connectivity index (χ4n) is 6.10. The van der Waals surface area contributed by atoms with Crippen LogP contribution in [0.2, 0.25) is 0 Å². The van der Waals surface area contributed by atoms with Crippen molar-refractivity contribution in [2.24, 2.45) is 5.92 Å². The van der Waals surface area contributed by atoms with Gasteiger partial charge in [-0.2, -0.15) is 0 Å². The molecule has 0 heterocycles. The van der Waals surface area contributed by atoms with E-state index in [1.54, 1.807) is 0 Å². The van der Waals surface area contributed by atoms with E-state index in [0.717, 1.165) is 63.7 Å². The second kappa shape index (κ2) is 36.7. The monoisotopic (exact) mass is 681 g/mol. The SMILES string of the molecule is CCCCCCCCCCCCCC(=O)OC[C@H](COC(=O)CCCCCCCCC)OC(=O)CCCCCCCCCCCC(C)C. The lowest BCUT2D eigenvalue weighted by Gasteiger charge is -2.18. The van der Waals surface area contributed by atoms with Crippen LogP contribution in [0.3, 0.4) is 0 Å². The number of rotatable bonds is 37. The van der Waals surface area contributed by atoms with E-state index in [-0.39, 0.29) is 31.1 Å². The Morgan fingerprint density at radius 1 is 0.396 bits per heavy atom. The van der Waals surface area contributed by atoms with Gasteiger partial charge >= 0.3 is 17.9 Å². The zero-order valence-corrected chi connectivity index (χ0v) is 32.4. The first-order valence-corrected chi connectivity index (χ1v) is 20.9. The Morgan fingerprint density at radius 3 is 1.02 bits per heavy atom. The van der Waals surface area contributed by atoms with Crippen LogP contribution >= 0.6 is 0 Å². The molecule has 6 nitrogen and oxygen atoms in total. The summed E-state index contributed by atoms with van der Waals surface area (Å²) >= 11 is 0. The highest BCUT2D eigenvalue weighted by atomic mass is 16.6. The summed E-state index contributed by atoms with van der Waals surface area (Å²) in [5.41, 5.74) is 0. The molecule has 0 aromatic rings. The van der Waals surface area contributed by atoms with Crippen LogP contribution in [0.5, 0.6) is 0 Å². The van der Waals surface area contributed by atoms with Gasteiger partial charge in [0.1, 0.15) is 13.2 Å². The van der Waals surface area contributed by atoms with Gasteiger partial charge in [0, 0.05) is 19.3 Å². The van der Waals surface area contributed by atoms with E-state index in [0.29, 0.717) is 19.3 Å². The molecular formula is C42H80O6. The van der Waals surface area contributed by atoms with Gasteiger partial charge < -0.3 is 14.2 Å². The minimum atomic E-state index is -0.757. The van der Waals surface area contributed by atoms with Crippen LogP contribution in [0.1, 0.15) is 227 Å². The average Bonchev–Trinajstić information content (AvgIpc) is 3.06. The predicted molar refractivity (Wildman–Crippen MR) is 201 cm³/mol. The number of hydrogen-bond acceptors (Lipinski definition) is 6. The van der Waals surface area contributed by atoms with E-state index in [4.69, 9.17) is 14.2 Å². The largest absolute Gasteiger partial charge is 0.462 e. The van der Waals surface area contributed by atoms with Gasteiger partial charge in [0.15, 0.2) is 6.10 Å². The Kier molecular flexibility index (Phi) is 35.5.